The third kappa shape index (κ3) is 10.7. The Labute approximate surface area is 374 Å². The van der Waals surface area contributed by atoms with Crippen LogP contribution in [0.1, 0.15) is 138 Å². The summed E-state index contributed by atoms with van der Waals surface area (Å²) in [4.78, 5) is 35.1. The van der Waals surface area contributed by atoms with Gasteiger partial charge >= 0.3 is 0 Å². The van der Waals surface area contributed by atoms with Crippen LogP contribution >= 0.6 is 0 Å². The van der Waals surface area contributed by atoms with Crippen molar-refractivity contribution in [3.8, 4) is 23.0 Å². The zero-order chi connectivity index (χ0) is 44.2. The second-order valence-electron chi connectivity index (χ2n) is 18.1. The molecule has 2 aromatic rings. The molecule has 3 aliphatic carbocycles. The maximum absolute atomic E-state index is 14.8. The van der Waals surface area contributed by atoms with E-state index in [9.17, 15) is 19.8 Å². The van der Waals surface area contributed by atoms with Crippen LogP contribution in [0.2, 0.25) is 0 Å². The summed E-state index contributed by atoms with van der Waals surface area (Å²) in [5.41, 5.74) is 3.10. The standard InChI is InChI=1S/C51H70N2O10/c1-4-25-53(47(57)24-19-35-14-6-7-15-35)46-33-43(52-63-48-18-10-13-29-59-48)41-31-36(16-8-11-26-54)40(17-9-12-27-55)49-42-32-39(61-38-20-22-44(58-3)37(30-38)34-56)21-23-45(42)62-51(46,50(41)49)60-28-5-2/h5,20-23,30-32,34-36,40,46,48-50,54-55H,2,4,6-19,24-29,33H2,1,3H3. The van der Waals surface area contributed by atoms with Crippen LogP contribution in [-0.2, 0) is 19.1 Å². The Morgan fingerprint density at radius 1 is 0.984 bits per heavy atom. The van der Waals surface area contributed by atoms with Gasteiger partial charge in [0.1, 0.15) is 29.0 Å². The Hall–Kier alpha value is -4.23. The number of methoxy groups -OCH3 is 1. The molecule has 63 heavy (non-hydrogen) atoms. The number of oxime groups is 1. The van der Waals surface area contributed by atoms with E-state index in [1.54, 1.807) is 24.3 Å². The molecule has 344 valence electrons. The molecule has 0 aromatic heterocycles. The minimum atomic E-state index is -1.32. The number of aliphatic hydroxyl groups excluding tert-OH is 2. The van der Waals surface area contributed by atoms with Gasteiger partial charge in [0.25, 0.3) is 0 Å². The van der Waals surface area contributed by atoms with Gasteiger partial charge in [0.2, 0.25) is 18.0 Å². The van der Waals surface area contributed by atoms with Gasteiger partial charge in [0.05, 0.1) is 37.5 Å². The number of carbonyl (C=O) groups excluding carboxylic acids is 2. The molecule has 1 amide bonds. The van der Waals surface area contributed by atoms with E-state index < -0.39 is 24.0 Å². The van der Waals surface area contributed by atoms with Gasteiger partial charge in [-0.15, -0.1) is 6.58 Å². The number of aliphatic hydroxyl groups is 2. The molecule has 7 rings (SSSR count). The lowest BCUT2D eigenvalue weighted by Gasteiger charge is -2.60. The molecule has 12 nitrogen and oxygen atoms in total. The van der Waals surface area contributed by atoms with Crippen LogP contribution in [0.25, 0.3) is 0 Å². The summed E-state index contributed by atoms with van der Waals surface area (Å²) in [6.07, 6.45) is 19.0. The second kappa shape index (κ2) is 22.6. The van der Waals surface area contributed by atoms with Crippen LogP contribution in [0.15, 0.2) is 65.9 Å². The number of amides is 1. The smallest absolute Gasteiger partial charge is 0.239 e. The Morgan fingerprint density at radius 2 is 1.75 bits per heavy atom. The lowest BCUT2D eigenvalue weighted by atomic mass is 9.55. The molecule has 0 spiro atoms. The van der Waals surface area contributed by atoms with E-state index in [1.807, 2.05) is 17.0 Å². The van der Waals surface area contributed by atoms with Crippen molar-refractivity contribution in [3.05, 3.63) is 71.8 Å². The first-order valence-electron chi connectivity index (χ1n) is 23.8. The van der Waals surface area contributed by atoms with E-state index in [1.165, 1.54) is 32.8 Å². The third-order valence-electron chi connectivity index (χ3n) is 14.0. The molecular weight excluding hydrogens is 801 g/mol. The lowest BCUT2D eigenvalue weighted by molar-refractivity contribution is -0.257. The molecule has 0 bridgehead atoms. The van der Waals surface area contributed by atoms with Gasteiger partial charge in [-0.3, -0.25) is 9.59 Å². The number of benzene rings is 2. The molecule has 2 N–H and O–H groups in total. The van der Waals surface area contributed by atoms with Gasteiger partial charge in [-0.05, 0) is 111 Å². The molecular formula is C51H70N2O10. The summed E-state index contributed by atoms with van der Waals surface area (Å²) in [5.74, 6) is 1.06. The highest BCUT2D eigenvalue weighted by Gasteiger charge is 2.65. The fourth-order valence-electron chi connectivity index (χ4n) is 11.1. The number of nitrogens with zero attached hydrogens (tertiary/aromatic N) is 2. The van der Waals surface area contributed by atoms with Crippen molar-refractivity contribution >= 4 is 17.9 Å². The van der Waals surface area contributed by atoms with Gasteiger partial charge in [-0.2, -0.15) is 0 Å². The number of rotatable bonds is 23. The molecule has 2 saturated carbocycles. The topological polar surface area (TPSA) is 146 Å². The van der Waals surface area contributed by atoms with Crippen LogP contribution in [0.4, 0.5) is 0 Å². The number of carbonyl (C=O) groups is 2. The van der Waals surface area contributed by atoms with Crippen LogP contribution in [0, 0.1) is 23.7 Å². The maximum atomic E-state index is 14.8. The van der Waals surface area contributed by atoms with Gasteiger partial charge in [0.15, 0.2) is 6.29 Å². The van der Waals surface area contributed by atoms with E-state index in [0.29, 0.717) is 73.3 Å². The molecule has 7 unspecified atom stereocenters. The molecule has 2 aliphatic heterocycles. The minimum Gasteiger partial charge on any atom is -0.496 e. The van der Waals surface area contributed by atoms with Gasteiger partial charge < -0.3 is 43.6 Å². The van der Waals surface area contributed by atoms with E-state index in [2.05, 4.69) is 25.6 Å². The van der Waals surface area contributed by atoms with Crippen molar-refractivity contribution in [1.82, 2.24) is 4.90 Å². The quantitative estimate of drug-likeness (QED) is 0.0479. The minimum absolute atomic E-state index is 0.0662. The third-order valence-corrected chi connectivity index (χ3v) is 14.0. The second-order valence-corrected chi connectivity index (χ2v) is 18.1. The molecule has 5 aliphatic rings. The maximum Gasteiger partial charge on any atom is 0.239 e. The van der Waals surface area contributed by atoms with Gasteiger partial charge in [-0.1, -0.05) is 62.8 Å². The average Bonchev–Trinajstić information content (AvgIpc) is 3.84. The first-order chi connectivity index (χ1) is 30.9. The SMILES string of the molecule is C=CCOC12Oc3ccc(Oc4ccc(OC)c(C=O)c4)cc3C3C(CCCCO)C(CCCCO)C=C(C(=NOC4CCCCO4)CC1N(CCC)C(=O)CCC1CCCC1)C32. The largest absolute Gasteiger partial charge is 0.496 e. The first kappa shape index (κ1) is 46.8. The number of aldehydes is 1. The summed E-state index contributed by atoms with van der Waals surface area (Å²) in [5, 5.41) is 25.0. The van der Waals surface area contributed by atoms with Gasteiger partial charge in [-0.25, -0.2) is 0 Å². The highest BCUT2D eigenvalue weighted by molar-refractivity contribution is 6.03. The van der Waals surface area contributed by atoms with E-state index in [0.717, 1.165) is 80.9 Å². The summed E-state index contributed by atoms with van der Waals surface area (Å²) < 4.78 is 32.5. The van der Waals surface area contributed by atoms with Gasteiger partial charge in [0, 0.05) is 50.5 Å². The molecule has 1 saturated heterocycles. The molecule has 2 aromatic carbocycles. The van der Waals surface area contributed by atoms with Crippen LogP contribution in [-0.4, -0.2) is 91.2 Å². The number of hydrogen-bond acceptors (Lipinski definition) is 11. The lowest BCUT2D eigenvalue weighted by Crippen LogP contribution is -2.70. The van der Waals surface area contributed by atoms with E-state index in [-0.39, 0.29) is 43.5 Å². The fraction of sp³-hybridized carbons (Fsp3) is 0.627. The van der Waals surface area contributed by atoms with Crippen LogP contribution in [0.5, 0.6) is 23.0 Å². The Bertz CT molecular complexity index is 1900. The summed E-state index contributed by atoms with van der Waals surface area (Å²) in [6.45, 7) is 7.74. The highest BCUT2D eigenvalue weighted by Crippen LogP contribution is 2.62. The predicted octanol–water partition coefficient (Wildman–Crippen LogP) is 9.67. The van der Waals surface area contributed by atoms with Crippen molar-refractivity contribution < 1.29 is 48.3 Å². The summed E-state index contributed by atoms with van der Waals surface area (Å²) in [6, 6.07) is 10.5. The van der Waals surface area contributed by atoms with Crippen LogP contribution < -0.4 is 14.2 Å². The predicted molar refractivity (Wildman–Crippen MR) is 241 cm³/mol. The van der Waals surface area contributed by atoms with Crippen molar-refractivity contribution in [2.24, 2.45) is 28.8 Å². The molecule has 2 heterocycles. The van der Waals surface area contributed by atoms with Crippen molar-refractivity contribution in [1.29, 1.82) is 0 Å². The molecule has 7 atom stereocenters. The monoisotopic (exact) mass is 871 g/mol. The van der Waals surface area contributed by atoms with E-state index >= 15 is 0 Å². The molecule has 0 radical (unpaired) electrons. The molecule has 12 heteroatoms. The zero-order valence-electron chi connectivity index (χ0n) is 37.6. The van der Waals surface area contributed by atoms with Crippen molar-refractivity contribution in [2.45, 2.75) is 140 Å². The van der Waals surface area contributed by atoms with Crippen LogP contribution in [0.3, 0.4) is 0 Å². The fourth-order valence-corrected chi connectivity index (χ4v) is 11.1. The summed E-state index contributed by atoms with van der Waals surface area (Å²) >= 11 is 0. The Morgan fingerprint density at radius 3 is 2.46 bits per heavy atom. The molecule has 3 fully saturated rings. The number of ether oxygens (including phenoxy) is 5. The number of allylic oxidation sites excluding steroid dienone is 1. The highest BCUT2D eigenvalue weighted by atomic mass is 16.8. The Kier molecular flexibility index (Phi) is 16.8. The zero-order valence-corrected chi connectivity index (χ0v) is 37.6. The Balaban J connectivity index is 1.40. The normalized spacial score (nSPS) is 27.1. The number of hydrogen-bond donors (Lipinski definition) is 2. The summed E-state index contributed by atoms with van der Waals surface area (Å²) in [7, 11) is 1.53. The van der Waals surface area contributed by atoms with Crippen molar-refractivity contribution in [3.63, 3.8) is 0 Å². The number of unbranched alkanes of at least 4 members (excludes halogenated alkanes) is 2. The average molecular weight is 871 g/mol. The van der Waals surface area contributed by atoms with E-state index in [4.69, 9.17) is 33.7 Å². The first-order valence-corrected chi connectivity index (χ1v) is 23.8. The van der Waals surface area contributed by atoms with Crippen molar-refractivity contribution in [2.75, 3.05) is 40.1 Å². The number of fused-ring (bicyclic) bond motifs is 2.